The molecule has 0 atom stereocenters. The number of aliphatic carboxylic acids is 1. The van der Waals surface area contributed by atoms with Gasteiger partial charge in [-0.2, -0.15) is 0 Å². The van der Waals surface area contributed by atoms with Gasteiger partial charge in [0.25, 0.3) is 0 Å². The number of hydrogen-bond acceptors (Lipinski definition) is 3. The van der Waals surface area contributed by atoms with Gasteiger partial charge in [-0.25, -0.2) is 4.79 Å². The number of anilines is 1. The maximum atomic E-state index is 12.1. The largest absolute Gasteiger partial charge is 0.494 e. The van der Waals surface area contributed by atoms with Crippen molar-refractivity contribution >= 4 is 17.7 Å². The zero-order chi connectivity index (χ0) is 15.8. The second kappa shape index (κ2) is 8.14. The third-order valence-corrected chi connectivity index (χ3v) is 2.62. The summed E-state index contributed by atoms with van der Waals surface area (Å²) in [5.41, 5.74) is 0.600. The number of carbonyl (C=O) groups is 2. The summed E-state index contributed by atoms with van der Waals surface area (Å²) < 4.78 is 5.32. The fourth-order valence-electron chi connectivity index (χ4n) is 1.83. The minimum atomic E-state index is -1.03. The van der Waals surface area contributed by atoms with Gasteiger partial charge in [0.1, 0.15) is 12.3 Å². The predicted molar refractivity (Wildman–Crippen MR) is 80.7 cm³/mol. The number of urea groups is 1. The maximum absolute atomic E-state index is 12.1. The molecule has 0 aliphatic heterocycles. The number of ether oxygens (including phenoxy) is 1. The second-order valence-corrected chi connectivity index (χ2v) is 5.06. The van der Waals surface area contributed by atoms with Crippen LogP contribution in [0.25, 0.3) is 0 Å². The van der Waals surface area contributed by atoms with E-state index in [0.717, 1.165) is 5.75 Å². The first-order valence-electron chi connectivity index (χ1n) is 6.93. The van der Waals surface area contributed by atoms with E-state index in [1.165, 1.54) is 4.90 Å². The van der Waals surface area contributed by atoms with Crippen LogP contribution in [0.5, 0.6) is 5.75 Å². The molecule has 0 bridgehead atoms. The van der Waals surface area contributed by atoms with Gasteiger partial charge in [-0.15, -0.1) is 0 Å². The average molecular weight is 294 g/mol. The van der Waals surface area contributed by atoms with E-state index in [1.807, 2.05) is 20.8 Å². The molecule has 2 N–H and O–H groups in total. The summed E-state index contributed by atoms with van der Waals surface area (Å²) in [6.07, 6.45) is 0. The molecule has 21 heavy (non-hydrogen) atoms. The molecule has 0 aliphatic rings. The molecule has 116 valence electrons. The lowest BCUT2D eigenvalue weighted by atomic mass is 10.2. The van der Waals surface area contributed by atoms with Gasteiger partial charge in [-0.05, 0) is 37.1 Å². The average Bonchev–Trinajstić information content (AvgIpc) is 2.39. The Labute approximate surface area is 124 Å². The number of hydrogen-bond donors (Lipinski definition) is 2. The van der Waals surface area contributed by atoms with Crippen molar-refractivity contribution in [3.8, 4) is 5.75 Å². The van der Waals surface area contributed by atoms with Crippen molar-refractivity contribution in [1.82, 2.24) is 4.90 Å². The number of nitrogens with one attached hydrogen (secondary N) is 1. The Hall–Kier alpha value is -2.24. The van der Waals surface area contributed by atoms with Crippen molar-refractivity contribution in [3.63, 3.8) is 0 Å². The first kappa shape index (κ1) is 16.8. The summed E-state index contributed by atoms with van der Waals surface area (Å²) in [6, 6.07) is 6.52. The zero-order valence-corrected chi connectivity index (χ0v) is 12.6. The number of amides is 2. The molecule has 6 heteroatoms. The number of carbonyl (C=O) groups excluding carboxylic acids is 1. The van der Waals surface area contributed by atoms with Crippen molar-refractivity contribution in [2.24, 2.45) is 5.92 Å². The van der Waals surface area contributed by atoms with Crippen LogP contribution < -0.4 is 10.1 Å². The standard InChI is InChI=1S/C15H22N2O4/c1-4-21-13-7-5-12(6-8-13)16-15(20)17(9-11(2)3)10-14(18)19/h5-8,11H,4,9-10H2,1-3H3,(H,16,20)(H,18,19). The summed E-state index contributed by atoms with van der Waals surface area (Å²) >= 11 is 0. The number of benzene rings is 1. The Morgan fingerprint density at radius 2 is 1.90 bits per heavy atom. The third kappa shape index (κ3) is 6.16. The molecule has 0 saturated carbocycles. The Bertz CT molecular complexity index is 471. The summed E-state index contributed by atoms with van der Waals surface area (Å²) in [4.78, 5) is 24.2. The Morgan fingerprint density at radius 3 is 2.38 bits per heavy atom. The lowest BCUT2D eigenvalue weighted by Crippen LogP contribution is -2.40. The van der Waals surface area contributed by atoms with E-state index in [2.05, 4.69) is 5.32 Å². The van der Waals surface area contributed by atoms with Crippen LogP contribution in [0.3, 0.4) is 0 Å². The molecule has 0 fully saturated rings. The zero-order valence-electron chi connectivity index (χ0n) is 12.6. The first-order valence-corrected chi connectivity index (χ1v) is 6.93. The van der Waals surface area contributed by atoms with Gasteiger partial charge >= 0.3 is 12.0 Å². The van der Waals surface area contributed by atoms with Gasteiger partial charge in [-0.3, -0.25) is 4.79 Å². The number of nitrogens with zero attached hydrogens (tertiary/aromatic N) is 1. The maximum Gasteiger partial charge on any atom is 0.323 e. The van der Waals surface area contributed by atoms with E-state index in [9.17, 15) is 9.59 Å². The molecule has 0 aliphatic carbocycles. The van der Waals surface area contributed by atoms with Crippen LogP contribution in [0.15, 0.2) is 24.3 Å². The van der Waals surface area contributed by atoms with Crippen LogP contribution >= 0.6 is 0 Å². The van der Waals surface area contributed by atoms with E-state index in [-0.39, 0.29) is 12.5 Å². The van der Waals surface area contributed by atoms with Crippen molar-refractivity contribution in [2.75, 3.05) is 25.0 Å². The van der Waals surface area contributed by atoms with Crippen molar-refractivity contribution in [2.45, 2.75) is 20.8 Å². The fraction of sp³-hybridized carbons (Fsp3) is 0.467. The molecule has 0 aromatic heterocycles. The molecular weight excluding hydrogens is 272 g/mol. The van der Waals surface area contributed by atoms with E-state index in [0.29, 0.717) is 18.8 Å². The molecule has 1 aromatic rings. The Morgan fingerprint density at radius 1 is 1.29 bits per heavy atom. The monoisotopic (exact) mass is 294 g/mol. The van der Waals surface area contributed by atoms with Gasteiger partial charge in [-0.1, -0.05) is 13.8 Å². The van der Waals surface area contributed by atoms with Crippen LogP contribution in [0, 0.1) is 5.92 Å². The topological polar surface area (TPSA) is 78.9 Å². The van der Waals surface area contributed by atoms with E-state index >= 15 is 0 Å². The smallest absolute Gasteiger partial charge is 0.323 e. The molecule has 1 rings (SSSR count). The molecule has 0 unspecified atom stereocenters. The van der Waals surface area contributed by atoms with Gasteiger partial charge < -0.3 is 20.1 Å². The summed E-state index contributed by atoms with van der Waals surface area (Å²) in [5, 5.41) is 11.6. The molecular formula is C15H22N2O4. The SMILES string of the molecule is CCOc1ccc(NC(=O)N(CC(=O)O)CC(C)C)cc1. The molecule has 0 heterocycles. The highest BCUT2D eigenvalue weighted by Crippen LogP contribution is 2.16. The lowest BCUT2D eigenvalue weighted by molar-refractivity contribution is -0.137. The fourth-order valence-corrected chi connectivity index (χ4v) is 1.83. The molecule has 1 aromatic carbocycles. The van der Waals surface area contributed by atoms with Crippen molar-refractivity contribution < 1.29 is 19.4 Å². The van der Waals surface area contributed by atoms with Gasteiger partial charge in [0.05, 0.1) is 6.61 Å². The Kier molecular flexibility index (Phi) is 6.52. The summed E-state index contributed by atoms with van der Waals surface area (Å²) in [5.74, 6) is -0.118. The minimum Gasteiger partial charge on any atom is -0.494 e. The van der Waals surface area contributed by atoms with Gasteiger partial charge in [0.2, 0.25) is 0 Å². The predicted octanol–water partition coefficient (Wildman–Crippen LogP) is 2.66. The molecule has 0 saturated heterocycles. The van der Waals surface area contributed by atoms with E-state index in [4.69, 9.17) is 9.84 Å². The summed E-state index contributed by atoms with van der Waals surface area (Å²) in [6.45, 7) is 6.39. The molecule has 0 spiro atoms. The first-order chi connectivity index (χ1) is 9.92. The van der Waals surface area contributed by atoms with Gasteiger partial charge in [0, 0.05) is 12.2 Å². The summed E-state index contributed by atoms with van der Waals surface area (Å²) in [7, 11) is 0. The van der Waals surface area contributed by atoms with Crippen LogP contribution in [0.2, 0.25) is 0 Å². The van der Waals surface area contributed by atoms with Crippen LogP contribution in [-0.4, -0.2) is 41.7 Å². The van der Waals surface area contributed by atoms with Crippen LogP contribution in [-0.2, 0) is 4.79 Å². The molecule has 2 amide bonds. The lowest BCUT2D eigenvalue weighted by Gasteiger charge is -2.23. The molecule has 6 nitrogen and oxygen atoms in total. The highest BCUT2D eigenvalue weighted by Gasteiger charge is 2.17. The number of carboxylic acids is 1. The normalized spacial score (nSPS) is 10.3. The number of carboxylic acid groups (broad SMARTS) is 1. The van der Waals surface area contributed by atoms with Crippen LogP contribution in [0.1, 0.15) is 20.8 Å². The number of rotatable bonds is 7. The Balaban J connectivity index is 2.68. The van der Waals surface area contributed by atoms with Crippen molar-refractivity contribution in [1.29, 1.82) is 0 Å². The highest BCUT2D eigenvalue weighted by molar-refractivity contribution is 5.91. The van der Waals surface area contributed by atoms with Crippen LogP contribution in [0.4, 0.5) is 10.5 Å². The minimum absolute atomic E-state index is 0.190. The molecule has 0 radical (unpaired) electrons. The van der Waals surface area contributed by atoms with Crippen molar-refractivity contribution in [3.05, 3.63) is 24.3 Å². The third-order valence-electron chi connectivity index (χ3n) is 2.62. The van der Waals surface area contributed by atoms with Gasteiger partial charge in [0.15, 0.2) is 0 Å². The highest BCUT2D eigenvalue weighted by atomic mass is 16.5. The van der Waals surface area contributed by atoms with E-state index in [1.54, 1.807) is 24.3 Å². The quantitative estimate of drug-likeness (QED) is 0.810. The van der Waals surface area contributed by atoms with E-state index < -0.39 is 12.0 Å². The second-order valence-electron chi connectivity index (χ2n) is 5.06.